The third-order valence-corrected chi connectivity index (χ3v) is 1.63. The van der Waals surface area contributed by atoms with Crippen LogP contribution in [-0.2, 0) is 11.4 Å². The van der Waals surface area contributed by atoms with E-state index in [-0.39, 0.29) is 12.3 Å². The molecule has 0 atom stereocenters. The van der Waals surface area contributed by atoms with Crippen LogP contribution in [0, 0.1) is 0 Å². The quantitative estimate of drug-likeness (QED) is 0.753. The van der Waals surface area contributed by atoms with Crippen LogP contribution < -0.4 is 0 Å². The van der Waals surface area contributed by atoms with Crippen molar-refractivity contribution in [1.82, 2.24) is 5.23 Å². The maximum absolute atomic E-state index is 9.46. The van der Waals surface area contributed by atoms with Crippen molar-refractivity contribution in [2.24, 2.45) is 0 Å². The first-order chi connectivity index (χ1) is 6.87. The van der Waals surface area contributed by atoms with Gasteiger partial charge in [-0.15, -0.1) is 0 Å². The molecule has 84 valence electrons. The standard InChI is InChI=1S/C11H17NO3/c1-11(2,3)15-12(14)8-9-4-6-10(13)7-5-9/h4-7,13-14H,8H2,1-3H3. The Balaban J connectivity index is 2.51. The van der Waals surface area contributed by atoms with E-state index >= 15 is 0 Å². The molecule has 15 heavy (non-hydrogen) atoms. The molecule has 4 nitrogen and oxygen atoms in total. The number of hydroxylamine groups is 2. The summed E-state index contributed by atoms with van der Waals surface area (Å²) < 4.78 is 0. The molecule has 1 aromatic carbocycles. The van der Waals surface area contributed by atoms with Crippen molar-refractivity contribution >= 4 is 0 Å². The van der Waals surface area contributed by atoms with Crippen molar-refractivity contribution in [1.29, 1.82) is 0 Å². The molecule has 0 amide bonds. The van der Waals surface area contributed by atoms with Crippen LogP contribution in [0.15, 0.2) is 24.3 Å². The van der Waals surface area contributed by atoms with Gasteiger partial charge in [-0.25, -0.2) is 0 Å². The van der Waals surface area contributed by atoms with Gasteiger partial charge in [0.2, 0.25) is 0 Å². The van der Waals surface area contributed by atoms with Gasteiger partial charge in [0.05, 0.1) is 12.1 Å². The number of aromatic hydroxyl groups is 1. The molecule has 0 aromatic heterocycles. The fraction of sp³-hybridized carbons (Fsp3) is 0.455. The lowest BCUT2D eigenvalue weighted by molar-refractivity contribution is -0.384. The normalized spacial score (nSPS) is 12.1. The van der Waals surface area contributed by atoms with Crippen molar-refractivity contribution in [3.63, 3.8) is 0 Å². The minimum atomic E-state index is -0.425. The number of phenols is 1. The highest BCUT2D eigenvalue weighted by Crippen LogP contribution is 2.14. The number of phenolic OH excluding ortho intramolecular Hbond substituents is 1. The van der Waals surface area contributed by atoms with E-state index in [1.54, 1.807) is 24.3 Å². The third kappa shape index (κ3) is 4.78. The number of rotatable bonds is 3. The lowest BCUT2D eigenvalue weighted by atomic mass is 10.2. The van der Waals surface area contributed by atoms with E-state index in [0.717, 1.165) is 10.8 Å². The molecule has 0 bridgehead atoms. The zero-order valence-electron chi connectivity index (χ0n) is 9.27. The monoisotopic (exact) mass is 211 g/mol. The highest BCUT2D eigenvalue weighted by molar-refractivity contribution is 5.25. The second-order valence-electron chi connectivity index (χ2n) is 4.38. The summed E-state index contributed by atoms with van der Waals surface area (Å²) in [5.74, 6) is 0.208. The SMILES string of the molecule is CC(C)(C)ON(O)Cc1ccc(O)cc1. The average molecular weight is 211 g/mol. The van der Waals surface area contributed by atoms with Crippen LogP contribution in [0.4, 0.5) is 0 Å². The van der Waals surface area contributed by atoms with Gasteiger partial charge in [-0.05, 0) is 38.5 Å². The molecule has 0 heterocycles. The van der Waals surface area contributed by atoms with Gasteiger partial charge in [-0.2, -0.15) is 0 Å². The fourth-order valence-corrected chi connectivity index (χ4v) is 1.11. The molecule has 0 saturated heterocycles. The first-order valence-corrected chi connectivity index (χ1v) is 4.80. The predicted molar refractivity (Wildman–Crippen MR) is 56.3 cm³/mol. The lowest BCUT2D eigenvalue weighted by Crippen LogP contribution is -2.31. The van der Waals surface area contributed by atoms with Crippen molar-refractivity contribution < 1.29 is 15.2 Å². The van der Waals surface area contributed by atoms with Crippen molar-refractivity contribution in [2.45, 2.75) is 32.9 Å². The molecule has 0 aliphatic heterocycles. The first-order valence-electron chi connectivity index (χ1n) is 4.80. The molecule has 1 aromatic rings. The van der Waals surface area contributed by atoms with Crippen LogP contribution >= 0.6 is 0 Å². The molecule has 1 rings (SSSR count). The second kappa shape index (κ2) is 4.61. The summed E-state index contributed by atoms with van der Waals surface area (Å²) in [4.78, 5) is 5.20. The summed E-state index contributed by atoms with van der Waals surface area (Å²) in [6.45, 7) is 5.82. The van der Waals surface area contributed by atoms with E-state index in [1.165, 1.54) is 0 Å². The van der Waals surface area contributed by atoms with Crippen LogP contribution in [0.25, 0.3) is 0 Å². The van der Waals surface area contributed by atoms with Gasteiger partial charge in [0.1, 0.15) is 5.75 Å². The number of benzene rings is 1. The molecule has 0 spiro atoms. The van der Waals surface area contributed by atoms with E-state index in [2.05, 4.69) is 0 Å². The Bertz CT molecular complexity index is 303. The minimum Gasteiger partial charge on any atom is -0.508 e. The van der Waals surface area contributed by atoms with Crippen LogP contribution in [0.1, 0.15) is 26.3 Å². The summed E-state index contributed by atoms with van der Waals surface area (Å²) in [5.41, 5.74) is 0.436. The van der Waals surface area contributed by atoms with E-state index < -0.39 is 5.60 Å². The number of hydrogen-bond donors (Lipinski definition) is 2. The third-order valence-electron chi connectivity index (χ3n) is 1.63. The van der Waals surface area contributed by atoms with Gasteiger partial charge in [0.25, 0.3) is 0 Å². The summed E-state index contributed by atoms with van der Waals surface area (Å²) in [7, 11) is 0. The Morgan fingerprint density at radius 2 is 1.73 bits per heavy atom. The van der Waals surface area contributed by atoms with Crippen molar-refractivity contribution in [3.8, 4) is 5.75 Å². The topological polar surface area (TPSA) is 52.9 Å². The van der Waals surface area contributed by atoms with E-state index in [1.807, 2.05) is 20.8 Å². The van der Waals surface area contributed by atoms with Crippen LogP contribution in [0.3, 0.4) is 0 Å². The second-order valence-corrected chi connectivity index (χ2v) is 4.38. The summed E-state index contributed by atoms with van der Waals surface area (Å²) in [6.07, 6.45) is 0. The molecule has 0 radical (unpaired) electrons. The molecule has 0 saturated carbocycles. The Hall–Kier alpha value is -1.10. The lowest BCUT2D eigenvalue weighted by Gasteiger charge is -2.24. The highest BCUT2D eigenvalue weighted by atomic mass is 16.9. The average Bonchev–Trinajstić information content (AvgIpc) is 2.05. The summed E-state index contributed by atoms with van der Waals surface area (Å²) in [5, 5.41) is 19.3. The molecule has 4 heteroatoms. The molecule has 0 aliphatic rings. The molecule has 0 aliphatic carbocycles. The Morgan fingerprint density at radius 1 is 1.20 bits per heavy atom. The Kier molecular flexibility index (Phi) is 3.68. The van der Waals surface area contributed by atoms with E-state index in [0.29, 0.717) is 0 Å². The molecular formula is C11H17NO3. The van der Waals surface area contributed by atoms with Crippen molar-refractivity contribution in [3.05, 3.63) is 29.8 Å². The molecule has 0 unspecified atom stereocenters. The summed E-state index contributed by atoms with van der Waals surface area (Å²) in [6, 6.07) is 6.59. The van der Waals surface area contributed by atoms with Gasteiger partial charge in [0, 0.05) is 0 Å². The van der Waals surface area contributed by atoms with E-state index in [9.17, 15) is 5.21 Å². The fourth-order valence-electron chi connectivity index (χ4n) is 1.11. The van der Waals surface area contributed by atoms with Crippen LogP contribution in [-0.4, -0.2) is 21.1 Å². The molecule has 0 fully saturated rings. The first kappa shape index (κ1) is 12.0. The zero-order valence-corrected chi connectivity index (χ0v) is 9.27. The highest BCUT2D eigenvalue weighted by Gasteiger charge is 2.15. The van der Waals surface area contributed by atoms with E-state index in [4.69, 9.17) is 9.94 Å². The zero-order chi connectivity index (χ0) is 11.5. The Labute approximate surface area is 89.6 Å². The maximum Gasteiger partial charge on any atom is 0.115 e. The van der Waals surface area contributed by atoms with Crippen LogP contribution in [0.5, 0.6) is 5.75 Å². The molecular weight excluding hydrogens is 194 g/mol. The summed E-state index contributed by atoms with van der Waals surface area (Å²) >= 11 is 0. The maximum atomic E-state index is 9.46. The largest absolute Gasteiger partial charge is 0.508 e. The van der Waals surface area contributed by atoms with Gasteiger partial charge in [-0.3, -0.25) is 10.0 Å². The molecule has 2 N–H and O–H groups in total. The van der Waals surface area contributed by atoms with Gasteiger partial charge >= 0.3 is 0 Å². The minimum absolute atomic E-state index is 0.208. The van der Waals surface area contributed by atoms with Crippen molar-refractivity contribution in [2.75, 3.05) is 0 Å². The van der Waals surface area contributed by atoms with Crippen LogP contribution in [0.2, 0.25) is 0 Å². The van der Waals surface area contributed by atoms with Gasteiger partial charge in [0.15, 0.2) is 0 Å². The van der Waals surface area contributed by atoms with Gasteiger partial charge in [-0.1, -0.05) is 17.4 Å². The number of nitrogens with zero attached hydrogens (tertiary/aromatic N) is 1. The predicted octanol–water partition coefficient (Wildman–Crippen LogP) is 2.31. The Morgan fingerprint density at radius 3 is 2.20 bits per heavy atom. The van der Waals surface area contributed by atoms with Gasteiger partial charge < -0.3 is 5.11 Å². The number of hydrogen-bond acceptors (Lipinski definition) is 4. The smallest absolute Gasteiger partial charge is 0.115 e.